The van der Waals surface area contributed by atoms with Crippen molar-refractivity contribution in [3.05, 3.63) is 91.0 Å². The van der Waals surface area contributed by atoms with Gasteiger partial charge >= 0.3 is 0 Å². The highest BCUT2D eigenvalue weighted by molar-refractivity contribution is 6.01. The molecule has 0 heterocycles. The van der Waals surface area contributed by atoms with Crippen LogP contribution in [0.2, 0.25) is 0 Å². The van der Waals surface area contributed by atoms with Crippen LogP contribution in [0, 0.1) is 0 Å². The summed E-state index contributed by atoms with van der Waals surface area (Å²) in [6.07, 6.45) is 0. The van der Waals surface area contributed by atoms with Crippen molar-refractivity contribution < 1.29 is 5.11 Å². The molecule has 0 aromatic heterocycles. The second-order valence-corrected chi connectivity index (χ2v) is 5.73. The molecule has 4 rings (SSSR count). The largest absolute Gasteiger partial charge is 0.507 e. The van der Waals surface area contributed by atoms with E-state index in [4.69, 9.17) is 0 Å². The van der Waals surface area contributed by atoms with Crippen molar-refractivity contribution in [1.29, 1.82) is 0 Å². The smallest absolute Gasteiger partial charge is 0.124 e. The molecular formula is C22H16N2O. The first-order valence-electron chi connectivity index (χ1n) is 8.10. The molecule has 25 heavy (non-hydrogen) atoms. The second kappa shape index (κ2) is 6.57. The van der Waals surface area contributed by atoms with E-state index >= 15 is 0 Å². The van der Waals surface area contributed by atoms with Gasteiger partial charge in [-0.2, -0.15) is 5.11 Å². The Balaban J connectivity index is 1.88. The zero-order valence-corrected chi connectivity index (χ0v) is 13.5. The molecule has 0 aliphatic rings. The van der Waals surface area contributed by atoms with Crippen molar-refractivity contribution in [2.75, 3.05) is 0 Å². The zero-order chi connectivity index (χ0) is 17.1. The summed E-state index contributed by atoms with van der Waals surface area (Å²) in [5.41, 5.74) is 3.15. The van der Waals surface area contributed by atoms with Crippen molar-refractivity contribution in [2.45, 2.75) is 0 Å². The van der Waals surface area contributed by atoms with E-state index in [0.717, 1.165) is 33.3 Å². The summed E-state index contributed by atoms with van der Waals surface area (Å²) in [7, 11) is 0. The van der Waals surface area contributed by atoms with Crippen molar-refractivity contribution in [3.8, 4) is 16.9 Å². The van der Waals surface area contributed by atoms with Gasteiger partial charge in [-0.1, -0.05) is 66.7 Å². The molecule has 4 aromatic rings. The lowest BCUT2D eigenvalue weighted by Gasteiger charge is -2.11. The zero-order valence-electron chi connectivity index (χ0n) is 13.5. The summed E-state index contributed by atoms with van der Waals surface area (Å²) >= 11 is 0. The Morgan fingerprint density at radius 3 is 2.20 bits per heavy atom. The van der Waals surface area contributed by atoms with Crippen LogP contribution in [0.25, 0.3) is 21.9 Å². The number of hydrogen-bond donors (Lipinski definition) is 1. The number of hydrogen-bond acceptors (Lipinski definition) is 3. The molecule has 1 N–H and O–H groups in total. The van der Waals surface area contributed by atoms with E-state index in [0.29, 0.717) is 0 Å². The van der Waals surface area contributed by atoms with Crippen molar-refractivity contribution in [1.82, 2.24) is 0 Å². The number of phenols is 1. The van der Waals surface area contributed by atoms with Crippen LogP contribution in [0.1, 0.15) is 0 Å². The summed E-state index contributed by atoms with van der Waals surface area (Å²) in [4.78, 5) is 0. The maximum Gasteiger partial charge on any atom is 0.124 e. The van der Waals surface area contributed by atoms with Gasteiger partial charge < -0.3 is 5.11 Å². The predicted molar refractivity (Wildman–Crippen MR) is 102 cm³/mol. The number of azo groups is 1. The fourth-order valence-corrected chi connectivity index (χ4v) is 2.92. The molecule has 0 aliphatic heterocycles. The van der Waals surface area contributed by atoms with Crippen LogP contribution in [0.3, 0.4) is 0 Å². The number of fused-ring (bicyclic) bond motifs is 1. The van der Waals surface area contributed by atoms with Crippen LogP contribution in [-0.2, 0) is 0 Å². The molecule has 0 unspecified atom stereocenters. The third-order valence-electron chi connectivity index (χ3n) is 4.11. The third-order valence-corrected chi connectivity index (χ3v) is 4.11. The van der Waals surface area contributed by atoms with Gasteiger partial charge in [0.2, 0.25) is 0 Å². The summed E-state index contributed by atoms with van der Waals surface area (Å²) in [6, 6.07) is 29.0. The van der Waals surface area contributed by atoms with E-state index in [2.05, 4.69) is 10.2 Å². The van der Waals surface area contributed by atoms with Gasteiger partial charge in [-0.05, 0) is 35.0 Å². The molecule has 0 atom stereocenters. The molecule has 3 heteroatoms. The third kappa shape index (κ3) is 3.00. The number of rotatable bonds is 3. The van der Waals surface area contributed by atoms with Crippen LogP contribution in [0.15, 0.2) is 101 Å². The Labute approximate surface area is 145 Å². The lowest BCUT2D eigenvalue weighted by atomic mass is 9.96. The molecule has 0 saturated carbocycles. The van der Waals surface area contributed by atoms with E-state index in [1.54, 1.807) is 6.07 Å². The molecule has 3 nitrogen and oxygen atoms in total. The Morgan fingerprint density at radius 2 is 1.32 bits per heavy atom. The lowest BCUT2D eigenvalue weighted by Crippen LogP contribution is -1.83. The summed E-state index contributed by atoms with van der Waals surface area (Å²) < 4.78 is 0. The van der Waals surface area contributed by atoms with E-state index in [1.807, 2.05) is 84.9 Å². The first-order valence-corrected chi connectivity index (χ1v) is 8.10. The Bertz CT molecular complexity index is 1060. The summed E-state index contributed by atoms with van der Waals surface area (Å²) in [6.45, 7) is 0. The highest BCUT2D eigenvalue weighted by atomic mass is 16.3. The molecule has 0 bridgehead atoms. The SMILES string of the molecule is Oc1ccc2ccccc2c1-c1ccccc1N=Nc1ccccc1. The van der Waals surface area contributed by atoms with Gasteiger partial charge in [0.05, 0.1) is 11.4 Å². The van der Waals surface area contributed by atoms with Gasteiger partial charge in [0.1, 0.15) is 5.75 Å². The Kier molecular flexibility index (Phi) is 3.97. The molecule has 0 spiro atoms. The van der Waals surface area contributed by atoms with Gasteiger partial charge in [-0.15, -0.1) is 5.11 Å². The van der Waals surface area contributed by atoms with Crippen LogP contribution in [0.5, 0.6) is 5.75 Å². The normalized spacial score (nSPS) is 11.2. The monoisotopic (exact) mass is 324 g/mol. The molecule has 4 aromatic carbocycles. The Hall–Kier alpha value is -3.46. The van der Waals surface area contributed by atoms with E-state index in [1.165, 1.54) is 0 Å². The van der Waals surface area contributed by atoms with Crippen LogP contribution >= 0.6 is 0 Å². The molecular weight excluding hydrogens is 308 g/mol. The number of phenolic OH excluding ortho intramolecular Hbond substituents is 1. The quantitative estimate of drug-likeness (QED) is 0.422. The fourth-order valence-electron chi connectivity index (χ4n) is 2.92. The number of benzene rings is 4. The summed E-state index contributed by atoms with van der Waals surface area (Å²) in [5.74, 6) is 0.237. The first kappa shape index (κ1) is 15.1. The van der Waals surface area contributed by atoms with Crippen LogP contribution < -0.4 is 0 Å². The number of aromatic hydroxyl groups is 1. The van der Waals surface area contributed by atoms with E-state index in [9.17, 15) is 5.11 Å². The fraction of sp³-hybridized carbons (Fsp3) is 0. The molecule has 0 aliphatic carbocycles. The van der Waals surface area contributed by atoms with Gasteiger partial charge in [0.25, 0.3) is 0 Å². The second-order valence-electron chi connectivity index (χ2n) is 5.73. The van der Waals surface area contributed by atoms with Crippen LogP contribution in [0.4, 0.5) is 11.4 Å². The number of nitrogens with zero attached hydrogens (tertiary/aromatic N) is 2. The van der Waals surface area contributed by atoms with Gasteiger partial charge in [-0.25, -0.2) is 0 Å². The highest BCUT2D eigenvalue weighted by Crippen LogP contribution is 2.41. The molecule has 0 amide bonds. The van der Waals surface area contributed by atoms with Crippen molar-refractivity contribution in [3.63, 3.8) is 0 Å². The molecule has 120 valence electrons. The van der Waals surface area contributed by atoms with E-state index < -0.39 is 0 Å². The molecule has 0 radical (unpaired) electrons. The highest BCUT2D eigenvalue weighted by Gasteiger charge is 2.12. The minimum atomic E-state index is 0.237. The Morgan fingerprint density at radius 1 is 0.600 bits per heavy atom. The average Bonchev–Trinajstić information content (AvgIpc) is 2.67. The maximum absolute atomic E-state index is 10.5. The van der Waals surface area contributed by atoms with Gasteiger partial charge in [-0.3, -0.25) is 0 Å². The van der Waals surface area contributed by atoms with Crippen LogP contribution in [-0.4, -0.2) is 5.11 Å². The minimum Gasteiger partial charge on any atom is -0.507 e. The minimum absolute atomic E-state index is 0.237. The maximum atomic E-state index is 10.5. The van der Waals surface area contributed by atoms with Crippen molar-refractivity contribution >= 4 is 22.1 Å². The van der Waals surface area contributed by atoms with Gasteiger partial charge in [0.15, 0.2) is 0 Å². The lowest BCUT2D eigenvalue weighted by molar-refractivity contribution is 0.478. The standard InChI is InChI=1S/C22H16N2O/c25-21-15-14-16-8-4-5-11-18(16)22(21)19-12-6-7-13-20(19)24-23-17-9-2-1-3-10-17/h1-15,25H. The predicted octanol–water partition coefficient (Wildman–Crippen LogP) is 6.63. The molecule has 0 fully saturated rings. The first-order chi connectivity index (χ1) is 12.3. The van der Waals surface area contributed by atoms with Crippen molar-refractivity contribution in [2.24, 2.45) is 10.2 Å². The molecule has 0 saturated heterocycles. The topological polar surface area (TPSA) is 45.0 Å². The van der Waals surface area contributed by atoms with Gasteiger partial charge in [0, 0.05) is 11.1 Å². The van der Waals surface area contributed by atoms with E-state index in [-0.39, 0.29) is 5.75 Å². The summed E-state index contributed by atoms with van der Waals surface area (Å²) in [5, 5.41) is 21.3. The average molecular weight is 324 g/mol.